The van der Waals surface area contributed by atoms with Crippen LogP contribution in [0.1, 0.15) is 41.5 Å². The molecule has 0 aromatic rings. The van der Waals surface area contributed by atoms with Crippen LogP contribution in [0.4, 0.5) is 25.2 Å². The molecule has 0 rings (SSSR count). The Morgan fingerprint density at radius 3 is 0.778 bits per heavy atom. The van der Waals surface area contributed by atoms with Crippen LogP contribution in [-0.2, 0) is 0 Å². The van der Waals surface area contributed by atoms with E-state index in [-0.39, 0.29) is 0 Å². The van der Waals surface area contributed by atoms with Crippen LogP contribution in [0.15, 0.2) is 0 Å². The van der Waals surface area contributed by atoms with Gasteiger partial charge in [-0.2, -0.15) is 0 Å². The molecule has 0 aromatic heterocycles. The third-order valence-corrected chi connectivity index (χ3v) is 14.5. The average Bonchev–Trinajstić information content (AvgIpc) is 1.95. The van der Waals surface area contributed by atoms with Crippen LogP contribution in [0.5, 0.6) is 0 Å². The van der Waals surface area contributed by atoms with E-state index >= 15 is 0 Å². The van der Waals surface area contributed by atoms with Crippen molar-refractivity contribution in [3.8, 4) is 0 Å². The van der Waals surface area contributed by atoms with Crippen molar-refractivity contribution in [3.63, 3.8) is 0 Å². The first-order valence-electron chi connectivity index (χ1n) is 5.42. The molecular weight excluding hydrogens is 364 g/mol. The van der Waals surface area contributed by atoms with Crippen LogP contribution in [0.25, 0.3) is 0 Å². The Morgan fingerprint density at radius 1 is 0.667 bits per heavy atom. The summed E-state index contributed by atoms with van der Waals surface area (Å²) in [6, 6.07) is 0. The number of hydrogen-bond acceptors (Lipinski definition) is 0. The summed E-state index contributed by atoms with van der Waals surface area (Å²) in [5.74, 6) is -0.873. The predicted molar refractivity (Wildman–Crippen MR) is 74.8 cm³/mol. The molecule has 0 nitrogen and oxygen atoms in total. The van der Waals surface area contributed by atoms with E-state index in [1.165, 1.54) is 0 Å². The van der Waals surface area contributed by atoms with Crippen LogP contribution in [-0.4, -0.2) is 17.0 Å². The summed E-state index contributed by atoms with van der Waals surface area (Å²) in [4.78, 5) is 0. The second kappa shape index (κ2) is 5.37. The second-order valence-corrected chi connectivity index (χ2v) is 15.2. The zero-order valence-corrected chi connectivity index (χ0v) is 14.6. The molecule has 0 amide bonds. The Bertz CT molecular complexity index is 235. The van der Waals surface area contributed by atoms with Crippen molar-refractivity contribution >= 4 is 29.3 Å². The minimum atomic E-state index is -10.7. The fourth-order valence-corrected chi connectivity index (χ4v) is 5.37. The van der Waals surface area contributed by atoms with E-state index in [1.54, 1.807) is 0 Å². The van der Waals surface area contributed by atoms with E-state index in [1.807, 2.05) is 0 Å². The molecule has 116 valence electrons. The fourth-order valence-electron chi connectivity index (χ4n) is 1.79. The van der Waals surface area contributed by atoms with Gasteiger partial charge < -0.3 is 0 Å². The van der Waals surface area contributed by atoms with E-state index < -0.39 is 13.8 Å². The van der Waals surface area contributed by atoms with Crippen molar-refractivity contribution < 1.29 is 25.2 Å². The Kier molecular flexibility index (Phi) is 6.33. The summed E-state index contributed by atoms with van der Waals surface area (Å²) in [6.45, 7) is 14.0. The fraction of sp³-hybridized carbons (Fsp3) is 1.00. The first kappa shape index (κ1) is 21.2. The molecule has 0 aromatic carbocycles. The molecule has 0 saturated heterocycles. The molecule has 0 spiro atoms. The van der Waals surface area contributed by atoms with E-state index in [2.05, 4.69) is 57.0 Å². The van der Waals surface area contributed by atoms with Gasteiger partial charge in [-0.05, 0) is 41.5 Å². The SMILES string of the molecule is CC(C)[P+](Br)(C(C)C)C(C)C.F[P-](F)(F)(F)(F)F. The molecule has 0 saturated carbocycles. The maximum absolute atomic E-state index is 10.7. The predicted octanol–water partition coefficient (Wildman–Crippen LogP) is 7.92. The molecule has 0 aliphatic rings. The summed E-state index contributed by atoms with van der Waals surface area (Å²) >= 11 is 3.99. The van der Waals surface area contributed by atoms with Crippen molar-refractivity contribution in [3.05, 3.63) is 0 Å². The molecule has 9 heteroatoms. The number of halogens is 7. The topological polar surface area (TPSA) is 0 Å². The summed E-state index contributed by atoms with van der Waals surface area (Å²) < 4.78 is 59.2. The quantitative estimate of drug-likeness (QED) is 0.342. The third kappa shape index (κ3) is 12.0. The molecule has 0 atom stereocenters. The number of rotatable bonds is 3. The van der Waals surface area contributed by atoms with Gasteiger partial charge in [0.05, 0.1) is 22.9 Å². The summed E-state index contributed by atoms with van der Waals surface area (Å²) in [7, 11) is -10.7. The van der Waals surface area contributed by atoms with Crippen LogP contribution >= 0.6 is 29.3 Å². The van der Waals surface area contributed by atoms with E-state index in [0.29, 0.717) is 0 Å². The van der Waals surface area contributed by atoms with E-state index in [0.717, 1.165) is 17.0 Å². The van der Waals surface area contributed by atoms with Gasteiger partial charge in [0.25, 0.3) is 0 Å². The molecule has 0 heterocycles. The molecule has 0 aliphatic heterocycles. The minimum absolute atomic E-state index is 0.808. The summed E-state index contributed by atoms with van der Waals surface area (Å²) in [5.41, 5.74) is 2.42. The van der Waals surface area contributed by atoms with E-state index in [9.17, 15) is 25.2 Å². The van der Waals surface area contributed by atoms with Crippen LogP contribution in [0.3, 0.4) is 0 Å². The van der Waals surface area contributed by atoms with Gasteiger partial charge in [0, 0.05) is 0 Å². The Morgan fingerprint density at radius 2 is 0.778 bits per heavy atom. The van der Waals surface area contributed by atoms with Crippen molar-refractivity contribution in [2.24, 2.45) is 0 Å². The average molecular weight is 385 g/mol. The number of hydrogen-bond donors (Lipinski definition) is 0. The van der Waals surface area contributed by atoms with Gasteiger partial charge in [0.2, 0.25) is 0 Å². The molecule has 18 heavy (non-hydrogen) atoms. The molecule has 0 unspecified atom stereocenters. The van der Waals surface area contributed by atoms with Crippen molar-refractivity contribution in [1.29, 1.82) is 0 Å². The third-order valence-electron chi connectivity index (χ3n) is 2.37. The van der Waals surface area contributed by atoms with Crippen molar-refractivity contribution in [2.45, 2.75) is 58.5 Å². The van der Waals surface area contributed by atoms with Crippen LogP contribution < -0.4 is 0 Å². The standard InChI is InChI=1S/C9H21BrP.F6P/c1-7(2)11(10,8(3)4)9(5)6;1-7(2,3,4,5)6/h7-9H,1-6H3;/q+1;-1. The monoisotopic (exact) mass is 384 g/mol. The zero-order valence-electron chi connectivity index (χ0n) is 11.3. The van der Waals surface area contributed by atoms with Gasteiger partial charge in [-0.3, -0.25) is 0 Å². The molecule has 0 radical (unpaired) electrons. The Hall–Kier alpha value is 0.920. The zero-order chi connectivity index (χ0) is 15.6. The Balaban J connectivity index is 0. The van der Waals surface area contributed by atoms with Gasteiger partial charge in [-0.25, -0.2) is 0 Å². The molecular formula is C9H21BrF6P2. The summed E-state index contributed by atoms with van der Waals surface area (Å²) in [5, 5.41) is 0. The van der Waals surface area contributed by atoms with Gasteiger partial charge >= 0.3 is 33.0 Å². The summed E-state index contributed by atoms with van der Waals surface area (Å²) in [6.07, 6.45) is 0. The van der Waals surface area contributed by atoms with Gasteiger partial charge in [0.1, 0.15) is 15.5 Å². The van der Waals surface area contributed by atoms with Gasteiger partial charge in [-0.15, -0.1) is 0 Å². The maximum atomic E-state index is 9.87. The molecule has 0 fully saturated rings. The normalized spacial score (nSPS) is 17.3. The van der Waals surface area contributed by atoms with Crippen molar-refractivity contribution in [1.82, 2.24) is 0 Å². The van der Waals surface area contributed by atoms with Gasteiger partial charge in [0.15, 0.2) is 0 Å². The van der Waals surface area contributed by atoms with Crippen molar-refractivity contribution in [2.75, 3.05) is 0 Å². The van der Waals surface area contributed by atoms with E-state index in [4.69, 9.17) is 0 Å². The Labute approximate surface area is 113 Å². The molecule has 0 aliphatic carbocycles. The van der Waals surface area contributed by atoms with Gasteiger partial charge in [-0.1, -0.05) is 0 Å². The first-order chi connectivity index (χ1) is 7.28. The van der Waals surface area contributed by atoms with Crippen LogP contribution in [0, 0.1) is 0 Å². The molecule has 0 bridgehead atoms. The molecule has 0 N–H and O–H groups in total. The first-order valence-corrected chi connectivity index (χ1v) is 11.5. The second-order valence-electron chi connectivity index (χ2n) is 4.98. The van der Waals surface area contributed by atoms with Crippen LogP contribution in [0.2, 0.25) is 0 Å².